The Bertz CT molecular complexity index is 494. The second-order valence-corrected chi connectivity index (χ2v) is 6.43. The van der Waals surface area contributed by atoms with Gasteiger partial charge < -0.3 is 10.2 Å². The molecule has 21 heavy (non-hydrogen) atoms. The number of nitrogens with one attached hydrogen (secondary N) is 1. The third-order valence-corrected chi connectivity index (χ3v) is 5.15. The van der Waals surface area contributed by atoms with Gasteiger partial charge >= 0.3 is 0 Å². The van der Waals surface area contributed by atoms with Gasteiger partial charge in [0.15, 0.2) is 0 Å². The van der Waals surface area contributed by atoms with Crippen molar-refractivity contribution >= 4 is 23.2 Å². The predicted molar refractivity (Wildman–Crippen MR) is 85.0 cm³/mol. The van der Waals surface area contributed by atoms with Crippen LogP contribution < -0.4 is 5.32 Å². The van der Waals surface area contributed by atoms with Crippen molar-refractivity contribution in [1.82, 2.24) is 10.2 Å². The lowest BCUT2D eigenvalue weighted by atomic mass is 9.86. The van der Waals surface area contributed by atoms with Crippen LogP contribution in [0.5, 0.6) is 0 Å². The van der Waals surface area contributed by atoms with Gasteiger partial charge in [0, 0.05) is 6.54 Å². The second-order valence-electron chi connectivity index (χ2n) is 5.65. The Balaban J connectivity index is 2.32. The van der Waals surface area contributed by atoms with Crippen molar-refractivity contribution in [2.24, 2.45) is 0 Å². The van der Waals surface area contributed by atoms with Crippen molar-refractivity contribution in [3.05, 3.63) is 22.4 Å². The minimum absolute atomic E-state index is 0.00428. The van der Waals surface area contributed by atoms with E-state index in [1.807, 2.05) is 37.6 Å². The Labute approximate surface area is 130 Å². The molecule has 0 saturated carbocycles. The lowest BCUT2D eigenvalue weighted by Crippen LogP contribution is -2.69. The lowest BCUT2D eigenvalue weighted by Gasteiger charge is -2.45. The first kappa shape index (κ1) is 16.0. The number of rotatable bonds is 6. The van der Waals surface area contributed by atoms with Gasteiger partial charge in [-0.05, 0) is 41.7 Å². The molecule has 116 valence electrons. The molecule has 1 aliphatic heterocycles. The Kier molecular flexibility index (Phi) is 5.04. The summed E-state index contributed by atoms with van der Waals surface area (Å²) in [5.41, 5.74) is 0.377. The quantitative estimate of drug-likeness (QED) is 0.878. The maximum absolute atomic E-state index is 13.0. The zero-order valence-corrected chi connectivity index (χ0v) is 13.8. The van der Waals surface area contributed by atoms with E-state index in [-0.39, 0.29) is 17.9 Å². The minimum atomic E-state index is -0.725. The van der Waals surface area contributed by atoms with Gasteiger partial charge in [-0.15, -0.1) is 0 Å². The number of amides is 2. The molecule has 2 amide bonds. The van der Waals surface area contributed by atoms with Gasteiger partial charge in [0.05, 0.1) is 0 Å². The fourth-order valence-corrected chi connectivity index (χ4v) is 3.64. The number of carbonyl (C=O) groups excluding carboxylic acids is 2. The second kappa shape index (κ2) is 6.60. The van der Waals surface area contributed by atoms with Crippen molar-refractivity contribution in [2.75, 3.05) is 0 Å². The van der Waals surface area contributed by atoms with Gasteiger partial charge in [-0.3, -0.25) is 9.59 Å². The summed E-state index contributed by atoms with van der Waals surface area (Å²) in [4.78, 5) is 27.3. The average molecular weight is 308 g/mol. The highest BCUT2D eigenvalue weighted by atomic mass is 32.1. The van der Waals surface area contributed by atoms with Crippen molar-refractivity contribution < 1.29 is 9.59 Å². The molecule has 0 spiro atoms. The number of carbonyl (C=O) groups is 2. The van der Waals surface area contributed by atoms with Crippen LogP contribution in [0.1, 0.15) is 52.0 Å². The van der Waals surface area contributed by atoms with Crippen LogP contribution in [-0.2, 0) is 16.1 Å². The standard InChI is InChI=1S/C16H24N2O2S/c1-4-7-13-14(19)17-16(5-2,6-3)15(20)18(13)10-12-8-9-21-11-12/h8-9,11,13H,4-7,10H2,1-3H3,(H,17,19). The fourth-order valence-electron chi connectivity index (χ4n) is 2.98. The molecule has 0 bridgehead atoms. The Morgan fingerprint density at radius 3 is 2.52 bits per heavy atom. The van der Waals surface area contributed by atoms with Crippen molar-refractivity contribution in [1.29, 1.82) is 0 Å². The minimum Gasteiger partial charge on any atom is -0.340 e. The number of hydrogen-bond acceptors (Lipinski definition) is 3. The molecular weight excluding hydrogens is 284 g/mol. The van der Waals surface area contributed by atoms with Crippen LogP contribution in [0.3, 0.4) is 0 Å². The van der Waals surface area contributed by atoms with E-state index in [4.69, 9.17) is 0 Å². The van der Waals surface area contributed by atoms with Gasteiger partial charge in [0.1, 0.15) is 11.6 Å². The van der Waals surface area contributed by atoms with E-state index in [9.17, 15) is 9.59 Å². The zero-order valence-electron chi connectivity index (χ0n) is 13.0. The van der Waals surface area contributed by atoms with Gasteiger partial charge in [-0.1, -0.05) is 27.2 Å². The van der Waals surface area contributed by atoms with Crippen LogP contribution in [0.25, 0.3) is 0 Å². The van der Waals surface area contributed by atoms with Gasteiger partial charge in [0.25, 0.3) is 0 Å². The van der Waals surface area contributed by atoms with Crippen LogP contribution >= 0.6 is 11.3 Å². The molecule has 1 N–H and O–H groups in total. The number of piperazine rings is 1. The van der Waals surface area contributed by atoms with E-state index in [0.29, 0.717) is 25.8 Å². The third-order valence-electron chi connectivity index (χ3n) is 4.41. The zero-order chi connectivity index (χ0) is 15.5. The van der Waals surface area contributed by atoms with Gasteiger partial charge in [-0.25, -0.2) is 0 Å². The molecule has 1 saturated heterocycles. The van der Waals surface area contributed by atoms with Crippen LogP contribution in [0.2, 0.25) is 0 Å². The lowest BCUT2D eigenvalue weighted by molar-refractivity contribution is -0.156. The highest BCUT2D eigenvalue weighted by Gasteiger charge is 2.48. The van der Waals surface area contributed by atoms with Crippen molar-refractivity contribution in [3.63, 3.8) is 0 Å². The van der Waals surface area contributed by atoms with Gasteiger partial charge in [-0.2, -0.15) is 11.3 Å². The summed E-state index contributed by atoms with van der Waals surface area (Å²) >= 11 is 1.62. The van der Waals surface area contributed by atoms with E-state index in [1.54, 1.807) is 16.2 Å². The first-order valence-electron chi connectivity index (χ1n) is 7.72. The molecule has 5 heteroatoms. The summed E-state index contributed by atoms with van der Waals surface area (Å²) in [5.74, 6) is 0.0622. The molecular formula is C16H24N2O2S. The van der Waals surface area contributed by atoms with E-state index in [0.717, 1.165) is 12.0 Å². The van der Waals surface area contributed by atoms with E-state index in [1.165, 1.54) is 0 Å². The van der Waals surface area contributed by atoms with Crippen LogP contribution in [0, 0.1) is 0 Å². The van der Waals surface area contributed by atoms with E-state index in [2.05, 4.69) is 5.32 Å². The normalized spacial score (nSPS) is 21.5. The fraction of sp³-hybridized carbons (Fsp3) is 0.625. The molecule has 1 atom stereocenters. The third kappa shape index (κ3) is 2.98. The monoisotopic (exact) mass is 308 g/mol. The maximum atomic E-state index is 13.0. The molecule has 2 heterocycles. The highest BCUT2D eigenvalue weighted by Crippen LogP contribution is 2.28. The summed E-state index contributed by atoms with van der Waals surface area (Å²) in [6.45, 7) is 6.50. The highest BCUT2D eigenvalue weighted by molar-refractivity contribution is 7.07. The molecule has 1 aliphatic rings. The first-order valence-corrected chi connectivity index (χ1v) is 8.66. The molecule has 0 radical (unpaired) electrons. The Morgan fingerprint density at radius 1 is 1.29 bits per heavy atom. The van der Waals surface area contributed by atoms with Crippen molar-refractivity contribution in [2.45, 2.75) is 64.6 Å². The first-order chi connectivity index (χ1) is 10.1. The molecule has 0 aliphatic carbocycles. The molecule has 2 rings (SSSR count). The predicted octanol–water partition coefficient (Wildman–Crippen LogP) is 2.93. The van der Waals surface area contributed by atoms with Gasteiger partial charge in [0.2, 0.25) is 11.8 Å². The molecule has 1 fully saturated rings. The topological polar surface area (TPSA) is 49.4 Å². The summed E-state index contributed by atoms with van der Waals surface area (Å²) < 4.78 is 0. The molecule has 0 aromatic carbocycles. The molecule has 1 aromatic rings. The van der Waals surface area contributed by atoms with E-state index < -0.39 is 5.54 Å². The molecule has 1 aromatic heterocycles. The van der Waals surface area contributed by atoms with Crippen LogP contribution in [0.4, 0.5) is 0 Å². The summed E-state index contributed by atoms with van der Waals surface area (Å²) in [7, 11) is 0. The smallest absolute Gasteiger partial charge is 0.249 e. The van der Waals surface area contributed by atoms with Crippen LogP contribution in [0.15, 0.2) is 16.8 Å². The summed E-state index contributed by atoms with van der Waals surface area (Å²) in [6.07, 6.45) is 2.86. The average Bonchev–Trinajstić information content (AvgIpc) is 2.99. The molecule has 1 unspecified atom stereocenters. The summed E-state index contributed by atoms with van der Waals surface area (Å²) in [5, 5.41) is 7.05. The maximum Gasteiger partial charge on any atom is 0.249 e. The number of nitrogens with zero attached hydrogens (tertiary/aromatic N) is 1. The largest absolute Gasteiger partial charge is 0.340 e. The number of thiophene rings is 1. The number of hydrogen-bond donors (Lipinski definition) is 1. The van der Waals surface area contributed by atoms with E-state index >= 15 is 0 Å². The Morgan fingerprint density at radius 2 is 2.00 bits per heavy atom. The van der Waals surface area contributed by atoms with Crippen LogP contribution in [-0.4, -0.2) is 28.3 Å². The summed E-state index contributed by atoms with van der Waals surface area (Å²) in [6, 6.07) is 1.68. The SMILES string of the molecule is CCCC1C(=O)NC(CC)(CC)C(=O)N1Cc1ccsc1. The Hall–Kier alpha value is -1.36. The molecule has 4 nitrogen and oxygen atoms in total. The van der Waals surface area contributed by atoms with Crippen molar-refractivity contribution in [3.8, 4) is 0 Å².